The molecular weight excluding hydrogens is 407 g/mol. The summed E-state index contributed by atoms with van der Waals surface area (Å²) in [4.78, 5) is 2.01. The second-order valence-corrected chi connectivity index (χ2v) is 7.40. The first-order valence-electron chi connectivity index (χ1n) is 6.87. The summed E-state index contributed by atoms with van der Waals surface area (Å²) in [6.45, 7) is 2.05. The Morgan fingerprint density at radius 2 is 2.10 bits per heavy atom. The zero-order chi connectivity index (χ0) is 14.5. The Balaban J connectivity index is 2.16. The van der Waals surface area contributed by atoms with Gasteiger partial charge in [-0.2, -0.15) is 0 Å². The number of alkyl halides is 2. The molecule has 20 heavy (non-hydrogen) atoms. The highest BCUT2D eigenvalue weighted by Gasteiger charge is 2.38. The topological polar surface area (TPSA) is 18.5 Å². The van der Waals surface area contributed by atoms with E-state index in [2.05, 4.69) is 49.7 Å². The Kier molecular flexibility index (Phi) is 6.86. The van der Waals surface area contributed by atoms with Crippen LogP contribution in [0.2, 0.25) is 0 Å². The molecule has 5 heteroatoms. The molecule has 0 saturated carbocycles. The lowest BCUT2D eigenvalue weighted by Crippen LogP contribution is -2.27. The van der Waals surface area contributed by atoms with Gasteiger partial charge in [-0.3, -0.25) is 0 Å². The SMILES string of the molecule is C[C@H]1/C=C/C[C@H](Br)[C@@H]2C[C@@H](Cl)[C@@H](C[C@@H](C=C=CBr)O1)O2. The van der Waals surface area contributed by atoms with Crippen LogP contribution in [-0.2, 0) is 9.47 Å². The predicted octanol–water partition coefficient (Wildman–Crippen LogP) is 4.70. The molecule has 0 spiro atoms. The summed E-state index contributed by atoms with van der Waals surface area (Å²) in [6, 6.07) is 0. The van der Waals surface area contributed by atoms with Gasteiger partial charge in [-0.1, -0.05) is 44.0 Å². The second kappa shape index (κ2) is 8.17. The monoisotopic (exact) mass is 424 g/mol. The van der Waals surface area contributed by atoms with Gasteiger partial charge in [-0.15, -0.1) is 17.3 Å². The van der Waals surface area contributed by atoms with E-state index in [0.29, 0.717) is 4.83 Å². The van der Waals surface area contributed by atoms with Gasteiger partial charge < -0.3 is 9.47 Å². The average Bonchev–Trinajstić information content (AvgIpc) is 2.75. The molecule has 2 aliphatic heterocycles. The molecule has 0 aromatic heterocycles. The van der Waals surface area contributed by atoms with E-state index < -0.39 is 0 Å². The maximum atomic E-state index is 6.44. The van der Waals surface area contributed by atoms with Crippen molar-refractivity contribution in [3.8, 4) is 0 Å². The molecule has 1 fully saturated rings. The predicted molar refractivity (Wildman–Crippen MR) is 89.9 cm³/mol. The summed E-state index contributed by atoms with van der Waals surface area (Å²) < 4.78 is 12.1. The van der Waals surface area contributed by atoms with Gasteiger partial charge in [0.2, 0.25) is 0 Å². The highest BCUT2D eigenvalue weighted by atomic mass is 79.9. The van der Waals surface area contributed by atoms with Gasteiger partial charge >= 0.3 is 0 Å². The van der Waals surface area contributed by atoms with Gasteiger partial charge in [0.05, 0.1) is 29.8 Å². The van der Waals surface area contributed by atoms with Crippen molar-refractivity contribution < 1.29 is 9.47 Å². The number of fused-ring (bicyclic) bond motifs is 2. The van der Waals surface area contributed by atoms with Crippen LogP contribution >= 0.6 is 43.5 Å². The zero-order valence-corrected chi connectivity index (χ0v) is 15.3. The second-order valence-electron chi connectivity index (χ2n) is 5.20. The van der Waals surface area contributed by atoms with Gasteiger partial charge in [0.1, 0.15) is 0 Å². The van der Waals surface area contributed by atoms with E-state index in [9.17, 15) is 0 Å². The summed E-state index contributed by atoms with van der Waals surface area (Å²) in [6.07, 6.45) is 8.98. The lowest BCUT2D eigenvalue weighted by Gasteiger charge is -2.22. The third-order valence-electron chi connectivity index (χ3n) is 3.58. The highest BCUT2D eigenvalue weighted by Crippen LogP contribution is 2.34. The molecule has 0 aliphatic carbocycles. The maximum absolute atomic E-state index is 6.44. The summed E-state index contributed by atoms with van der Waals surface area (Å²) in [5.41, 5.74) is 3.03. The molecule has 0 aromatic rings. The quantitative estimate of drug-likeness (QED) is 0.344. The fraction of sp³-hybridized carbons (Fsp3) is 0.667. The van der Waals surface area contributed by atoms with Crippen LogP contribution in [-0.4, -0.2) is 34.6 Å². The Labute approximate surface area is 142 Å². The fourth-order valence-corrected chi connectivity index (χ4v) is 3.63. The van der Waals surface area contributed by atoms with Gasteiger partial charge in [-0.05, 0) is 25.8 Å². The number of halogens is 3. The van der Waals surface area contributed by atoms with Crippen LogP contribution in [0.15, 0.2) is 28.9 Å². The molecule has 2 nitrogen and oxygen atoms in total. The molecule has 112 valence electrons. The smallest absolute Gasteiger partial charge is 0.0862 e. The maximum Gasteiger partial charge on any atom is 0.0862 e. The van der Waals surface area contributed by atoms with Crippen LogP contribution in [0.25, 0.3) is 0 Å². The van der Waals surface area contributed by atoms with Crippen molar-refractivity contribution in [3.05, 3.63) is 28.9 Å². The van der Waals surface area contributed by atoms with E-state index in [1.54, 1.807) is 4.99 Å². The third-order valence-corrected chi connectivity index (χ3v) is 5.27. The molecule has 0 aromatic carbocycles. The van der Waals surface area contributed by atoms with Crippen molar-refractivity contribution >= 4 is 43.5 Å². The number of allylic oxidation sites excluding steroid dienone is 1. The standard InChI is InChI=1S/C15H19Br2ClO2/c1-10-4-2-6-12(17)14-9-13(18)15(20-14)8-11(19-10)5-3-7-16/h2,4-5,7,10-15H,6,8-9H2,1H3/b4-2+/t3?,10-,11+,12-,13+,14-,15+/m0/s1. The molecule has 0 unspecified atom stereocenters. The van der Waals surface area contributed by atoms with Crippen molar-refractivity contribution in [1.82, 2.24) is 0 Å². The van der Waals surface area contributed by atoms with Crippen LogP contribution in [0, 0.1) is 0 Å². The highest BCUT2D eigenvalue weighted by molar-refractivity contribution is 9.11. The molecule has 1 saturated heterocycles. The van der Waals surface area contributed by atoms with Crippen LogP contribution in [0.4, 0.5) is 0 Å². The van der Waals surface area contributed by atoms with E-state index in [1.807, 2.05) is 13.0 Å². The van der Waals surface area contributed by atoms with E-state index >= 15 is 0 Å². The Bertz CT molecular complexity index is 407. The van der Waals surface area contributed by atoms with Gasteiger partial charge in [0.25, 0.3) is 0 Å². The summed E-state index contributed by atoms with van der Waals surface area (Å²) in [7, 11) is 0. The molecule has 0 N–H and O–H groups in total. The minimum Gasteiger partial charge on any atom is -0.372 e. The minimum atomic E-state index is -0.0414. The van der Waals surface area contributed by atoms with Crippen LogP contribution < -0.4 is 0 Å². The van der Waals surface area contributed by atoms with Crippen molar-refractivity contribution in [2.45, 2.75) is 60.8 Å². The van der Waals surface area contributed by atoms with Crippen LogP contribution in [0.5, 0.6) is 0 Å². The molecule has 2 rings (SSSR count). The van der Waals surface area contributed by atoms with Crippen molar-refractivity contribution in [1.29, 1.82) is 0 Å². The van der Waals surface area contributed by atoms with Crippen molar-refractivity contribution in [2.75, 3.05) is 0 Å². The number of hydrogen-bond acceptors (Lipinski definition) is 2. The Morgan fingerprint density at radius 3 is 2.85 bits per heavy atom. The van der Waals surface area contributed by atoms with Gasteiger partial charge in [0, 0.05) is 16.2 Å². The number of hydrogen-bond donors (Lipinski definition) is 0. The Morgan fingerprint density at radius 1 is 1.30 bits per heavy atom. The first kappa shape index (κ1) is 16.8. The summed E-state index contributed by atoms with van der Waals surface area (Å²) >= 11 is 13.4. The van der Waals surface area contributed by atoms with E-state index in [4.69, 9.17) is 21.1 Å². The molecule has 2 aliphatic rings. The van der Waals surface area contributed by atoms with E-state index in [1.165, 1.54) is 0 Å². The molecule has 2 bridgehead atoms. The average molecular weight is 427 g/mol. The molecule has 2 heterocycles. The largest absolute Gasteiger partial charge is 0.372 e. The lowest BCUT2D eigenvalue weighted by molar-refractivity contribution is -0.00956. The molecule has 0 amide bonds. The van der Waals surface area contributed by atoms with E-state index in [0.717, 1.165) is 19.3 Å². The van der Waals surface area contributed by atoms with Crippen molar-refractivity contribution in [3.63, 3.8) is 0 Å². The molecule has 6 atom stereocenters. The van der Waals surface area contributed by atoms with Crippen LogP contribution in [0.1, 0.15) is 26.2 Å². The third kappa shape index (κ3) is 4.72. The lowest BCUT2D eigenvalue weighted by atomic mass is 10.0. The van der Waals surface area contributed by atoms with Gasteiger partial charge in [-0.25, -0.2) is 0 Å². The number of ether oxygens (including phenoxy) is 2. The van der Waals surface area contributed by atoms with Crippen LogP contribution in [0.3, 0.4) is 0 Å². The zero-order valence-electron chi connectivity index (χ0n) is 11.3. The number of rotatable bonds is 1. The first-order valence-corrected chi connectivity index (χ1v) is 9.14. The minimum absolute atomic E-state index is 0.0328. The normalized spacial score (nSPS) is 43.2. The molecule has 0 radical (unpaired) electrons. The van der Waals surface area contributed by atoms with Crippen molar-refractivity contribution in [2.24, 2.45) is 0 Å². The molecular formula is C15H19Br2ClO2. The first-order chi connectivity index (χ1) is 9.60. The summed E-state index contributed by atoms with van der Waals surface area (Å²) in [5.74, 6) is 0. The summed E-state index contributed by atoms with van der Waals surface area (Å²) in [5, 5.41) is 0.0474. The Hall–Kier alpha value is 0.430. The fourth-order valence-electron chi connectivity index (χ4n) is 2.58. The van der Waals surface area contributed by atoms with E-state index in [-0.39, 0.29) is 29.8 Å². The van der Waals surface area contributed by atoms with Gasteiger partial charge in [0.15, 0.2) is 0 Å².